The van der Waals surface area contributed by atoms with Crippen LogP contribution in [0.1, 0.15) is 26.3 Å². The van der Waals surface area contributed by atoms with E-state index in [2.05, 4.69) is 24.2 Å². The summed E-state index contributed by atoms with van der Waals surface area (Å²) < 4.78 is 5.78. The quantitative estimate of drug-likeness (QED) is 0.549. The number of nitrogens with one attached hydrogen (secondary N) is 1. The summed E-state index contributed by atoms with van der Waals surface area (Å²) in [5.74, 6) is -0.247. The zero-order valence-electron chi connectivity index (χ0n) is 16.7. The lowest BCUT2D eigenvalue weighted by Crippen LogP contribution is -2.35. The van der Waals surface area contributed by atoms with Crippen molar-refractivity contribution < 1.29 is 14.3 Å². The fourth-order valence-electron chi connectivity index (χ4n) is 3.19. The molecule has 0 aromatic heterocycles. The Hall–Kier alpha value is -2.99. The fraction of sp³-hybridized carbons (Fsp3) is 0.273. The van der Waals surface area contributed by atoms with Gasteiger partial charge in [0.1, 0.15) is 11.3 Å². The molecule has 0 saturated carbocycles. The van der Waals surface area contributed by atoms with Gasteiger partial charge in [0, 0.05) is 35.4 Å². The fourth-order valence-corrected chi connectivity index (χ4v) is 3.32. The minimum Gasteiger partial charge on any atom is -0.493 e. The van der Waals surface area contributed by atoms with Crippen LogP contribution in [0.4, 0.5) is 11.4 Å². The summed E-state index contributed by atoms with van der Waals surface area (Å²) in [6, 6.07) is 12.5. The number of carbonyl (C=O) groups is 2. The Labute approximate surface area is 175 Å². The van der Waals surface area contributed by atoms with E-state index in [4.69, 9.17) is 16.3 Å². The number of hydrogen-bond acceptors (Lipinski definition) is 4. The molecule has 1 heterocycles. The van der Waals surface area contributed by atoms with E-state index in [1.54, 1.807) is 30.3 Å². The minimum absolute atomic E-state index is 0.0523. The van der Waals surface area contributed by atoms with Gasteiger partial charge in [-0.15, -0.1) is 0 Å². The zero-order chi connectivity index (χ0) is 21.0. The van der Waals surface area contributed by atoms with Gasteiger partial charge in [-0.05, 0) is 63.2 Å². The maximum absolute atomic E-state index is 12.8. The third kappa shape index (κ3) is 4.38. The molecule has 1 aliphatic rings. The third-order valence-electron chi connectivity index (χ3n) is 4.70. The lowest BCUT2D eigenvalue weighted by atomic mass is 10.1. The van der Waals surface area contributed by atoms with Crippen LogP contribution in [0.15, 0.2) is 48.0 Å². The molecule has 0 unspecified atom stereocenters. The van der Waals surface area contributed by atoms with Crippen LogP contribution >= 0.6 is 11.6 Å². The van der Waals surface area contributed by atoms with Gasteiger partial charge in [0.25, 0.3) is 11.8 Å². The van der Waals surface area contributed by atoms with E-state index in [1.165, 1.54) is 5.01 Å². The molecule has 7 heteroatoms. The van der Waals surface area contributed by atoms with Crippen LogP contribution in [0.3, 0.4) is 0 Å². The predicted molar refractivity (Wildman–Crippen MR) is 116 cm³/mol. The van der Waals surface area contributed by atoms with Crippen LogP contribution in [0.25, 0.3) is 6.08 Å². The number of halogens is 1. The summed E-state index contributed by atoms with van der Waals surface area (Å²) in [6.45, 7) is 8.31. The number of benzene rings is 2. The highest BCUT2D eigenvalue weighted by atomic mass is 35.5. The van der Waals surface area contributed by atoms with Gasteiger partial charge in [-0.1, -0.05) is 11.6 Å². The summed E-state index contributed by atoms with van der Waals surface area (Å²) in [6.07, 6.45) is 1.57. The van der Waals surface area contributed by atoms with E-state index in [-0.39, 0.29) is 5.57 Å². The van der Waals surface area contributed by atoms with Crippen LogP contribution in [0, 0.1) is 0 Å². The van der Waals surface area contributed by atoms with Crippen molar-refractivity contribution in [1.82, 2.24) is 5.43 Å². The second kappa shape index (κ2) is 9.01. The number of hydrogen-bond donors (Lipinski definition) is 1. The van der Waals surface area contributed by atoms with E-state index >= 15 is 0 Å². The summed E-state index contributed by atoms with van der Waals surface area (Å²) in [5, 5.41) is 1.77. The molecule has 0 radical (unpaired) electrons. The molecule has 1 saturated heterocycles. The monoisotopic (exact) mass is 413 g/mol. The van der Waals surface area contributed by atoms with Crippen LogP contribution in [-0.2, 0) is 9.59 Å². The first-order valence-corrected chi connectivity index (χ1v) is 10.0. The topological polar surface area (TPSA) is 61.9 Å². The van der Waals surface area contributed by atoms with Crippen molar-refractivity contribution in [3.8, 4) is 5.75 Å². The van der Waals surface area contributed by atoms with E-state index in [9.17, 15) is 9.59 Å². The largest absolute Gasteiger partial charge is 0.493 e. The maximum Gasteiger partial charge on any atom is 0.282 e. The first kappa shape index (κ1) is 20.7. The van der Waals surface area contributed by atoms with Crippen molar-refractivity contribution in [1.29, 1.82) is 0 Å². The van der Waals surface area contributed by atoms with Crippen LogP contribution in [0.5, 0.6) is 5.75 Å². The highest BCUT2D eigenvalue weighted by Gasteiger charge is 2.34. The molecule has 0 atom stereocenters. The average molecular weight is 414 g/mol. The molecule has 2 aromatic rings. The van der Waals surface area contributed by atoms with Crippen molar-refractivity contribution >= 4 is 40.9 Å². The first-order chi connectivity index (χ1) is 14.0. The molecular formula is C22H24ClN3O3. The Bertz CT molecular complexity index is 937. The molecule has 0 aliphatic carbocycles. The molecule has 0 spiro atoms. The second-order valence-electron chi connectivity index (χ2n) is 6.44. The maximum atomic E-state index is 12.8. The van der Waals surface area contributed by atoms with Crippen molar-refractivity contribution in [2.45, 2.75) is 20.8 Å². The van der Waals surface area contributed by atoms with Gasteiger partial charge >= 0.3 is 0 Å². The van der Waals surface area contributed by atoms with Crippen molar-refractivity contribution in [3.63, 3.8) is 0 Å². The molecular weight excluding hydrogens is 390 g/mol. The van der Waals surface area contributed by atoms with Gasteiger partial charge in [-0.3, -0.25) is 15.0 Å². The van der Waals surface area contributed by atoms with E-state index < -0.39 is 11.8 Å². The molecule has 1 N–H and O–H groups in total. The van der Waals surface area contributed by atoms with Gasteiger partial charge in [-0.25, -0.2) is 5.01 Å². The summed E-state index contributed by atoms with van der Waals surface area (Å²) in [7, 11) is 0. The molecule has 3 rings (SSSR count). The predicted octanol–water partition coefficient (Wildman–Crippen LogP) is 4.05. The van der Waals surface area contributed by atoms with Crippen molar-refractivity contribution in [2.75, 3.05) is 29.6 Å². The van der Waals surface area contributed by atoms with Crippen molar-refractivity contribution in [3.05, 3.63) is 58.6 Å². The molecule has 1 aliphatic heterocycles. The second-order valence-corrected chi connectivity index (χ2v) is 6.88. The number of ether oxygens (including phenoxy) is 1. The normalized spacial score (nSPS) is 15.0. The molecule has 2 aromatic carbocycles. The molecule has 1 fully saturated rings. The van der Waals surface area contributed by atoms with Crippen LogP contribution in [-0.4, -0.2) is 31.5 Å². The Morgan fingerprint density at radius 3 is 2.38 bits per heavy atom. The van der Waals surface area contributed by atoms with Gasteiger partial charge in [0.15, 0.2) is 0 Å². The minimum atomic E-state index is -0.458. The number of nitrogens with zero attached hydrogens (tertiary/aromatic N) is 2. The Morgan fingerprint density at radius 2 is 1.76 bits per heavy atom. The van der Waals surface area contributed by atoms with Crippen molar-refractivity contribution in [2.24, 2.45) is 0 Å². The van der Waals surface area contributed by atoms with Crippen LogP contribution in [0.2, 0.25) is 5.02 Å². The standard InChI is InChI=1S/C22H24ClN3O3/c1-4-25(5-2)18-10-7-15(20(14-18)29-6-3)13-19-21(27)24-26(22(19)28)17-11-8-16(23)9-12-17/h7-14H,4-6H2,1-3H3,(H,24,27). The summed E-state index contributed by atoms with van der Waals surface area (Å²) in [4.78, 5) is 27.5. The van der Waals surface area contributed by atoms with E-state index in [0.29, 0.717) is 28.6 Å². The number of carbonyl (C=O) groups excluding carboxylic acids is 2. The smallest absolute Gasteiger partial charge is 0.282 e. The SMILES string of the molecule is CCOc1cc(N(CC)CC)ccc1C=C1C(=O)NN(c2ccc(Cl)cc2)C1=O. The highest BCUT2D eigenvalue weighted by molar-refractivity contribution is 6.32. The Kier molecular flexibility index (Phi) is 6.44. The first-order valence-electron chi connectivity index (χ1n) is 9.62. The highest BCUT2D eigenvalue weighted by Crippen LogP contribution is 2.30. The average Bonchev–Trinajstić information content (AvgIpc) is 2.99. The number of hydrazine groups is 1. The van der Waals surface area contributed by atoms with Gasteiger partial charge in [0.2, 0.25) is 0 Å². The molecule has 29 heavy (non-hydrogen) atoms. The van der Waals surface area contributed by atoms with Gasteiger partial charge in [0.05, 0.1) is 12.3 Å². The number of amides is 2. The van der Waals surface area contributed by atoms with E-state index in [1.807, 2.05) is 25.1 Å². The molecule has 2 amide bonds. The summed E-state index contributed by atoms with van der Waals surface area (Å²) in [5.41, 5.74) is 4.90. The summed E-state index contributed by atoms with van der Waals surface area (Å²) >= 11 is 5.90. The van der Waals surface area contributed by atoms with E-state index in [0.717, 1.165) is 18.8 Å². The number of rotatable bonds is 7. The lowest BCUT2D eigenvalue weighted by Gasteiger charge is -2.22. The van der Waals surface area contributed by atoms with Gasteiger partial charge in [-0.2, -0.15) is 0 Å². The molecule has 152 valence electrons. The molecule has 0 bridgehead atoms. The van der Waals surface area contributed by atoms with Gasteiger partial charge < -0.3 is 9.64 Å². The Morgan fingerprint density at radius 1 is 1.07 bits per heavy atom. The zero-order valence-corrected chi connectivity index (χ0v) is 17.5. The number of anilines is 2. The van der Waals surface area contributed by atoms with Crippen LogP contribution < -0.4 is 20.1 Å². The Balaban J connectivity index is 1.95. The third-order valence-corrected chi connectivity index (χ3v) is 4.95. The lowest BCUT2D eigenvalue weighted by molar-refractivity contribution is -0.117. The molecule has 6 nitrogen and oxygen atoms in total.